The van der Waals surface area contributed by atoms with Crippen LogP contribution in [0.1, 0.15) is 17.5 Å². The van der Waals surface area contributed by atoms with Gasteiger partial charge in [-0.05, 0) is 0 Å². The van der Waals surface area contributed by atoms with Gasteiger partial charge in [-0.25, -0.2) is 0 Å². The normalized spacial score (nSPS) is 18.5. The van der Waals surface area contributed by atoms with E-state index in [-0.39, 0.29) is 12.1 Å². The van der Waals surface area contributed by atoms with Gasteiger partial charge in [0, 0.05) is 19.7 Å². The van der Waals surface area contributed by atoms with Crippen LogP contribution < -0.4 is 0 Å². The zero-order chi connectivity index (χ0) is 16.7. The van der Waals surface area contributed by atoms with Gasteiger partial charge in [-0.2, -0.15) is 0 Å². The van der Waals surface area contributed by atoms with Crippen LogP contribution in [0.15, 0.2) is 12.4 Å². The monoisotopic (exact) mass is 318 g/mol. The predicted molar refractivity (Wildman–Crippen MR) is 73.7 cm³/mol. The first-order valence-corrected chi connectivity index (χ1v) is 6.72. The molecule has 0 aliphatic carbocycles. The molecule has 0 fully saturated rings. The first-order chi connectivity index (χ1) is 10.4. The summed E-state index contributed by atoms with van der Waals surface area (Å²) in [5, 5.41) is 56.4. The standard InChI is InChI=1S/C13H22N2O7/c1-22-11(6-17)13(21)12(20)8-4-14-7(3-15-8)2-9(18)10(19)5-16/h3-4,9-13,16-21H,2,5-6H2,1H3/t9-,10+,11+,12+,13+/m0/s1. The number of hydrogen-bond acceptors (Lipinski definition) is 9. The number of nitrogens with zero attached hydrogens (tertiary/aromatic N) is 2. The minimum atomic E-state index is -1.40. The van der Waals surface area contributed by atoms with Crippen molar-refractivity contribution in [3.63, 3.8) is 0 Å². The number of aliphatic hydroxyl groups is 6. The molecule has 1 aromatic heterocycles. The molecule has 126 valence electrons. The first kappa shape index (κ1) is 18.8. The minimum Gasteiger partial charge on any atom is -0.394 e. The Morgan fingerprint density at radius 3 is 2.14 bits per heavy atom. The lowest BCUT2D eigenvalue weighted by atomic mass is 10.1. The number of rotatable bonds is 9. The summed E-state index contributed by atoms with van der Waals surface area (Å²) in [6, 6.07) is 0. The molecule has 0 amide bonds. The summed E-state index contributed by atoms with van der Waals surface area (Å²) in [5.74, 6) is 0. The van der Waals surface area contributed by atoms with Gasteiger partial charge in [-0.1, -0.05) is 0 Å². The van der Waals surface area contributed by atoms with Crippen molar-refractivity contribution in [3.05, 3.63) is 23.8 Å². The lowest BCUT2D eigenvalue weighted by Gasteiger charge is -2.23. The molecule has 1 rings (SSSR count). The van der Waals surface area contributed by atoms with Gasteiger partial charge in [-0.15, -0.1) is 0 Å². The van der Waals surface area contributed by atoms with Crippen LogP contribution in [-0.2, 0) is 11.2 Å². The van der Waals surface area contributed by atoms with Gasteiger partial charge in [-0.3, -0.25) is 9.97 Å². The Balaban J connectivity index is 2.71. The van der Waals surface area contributed by atoms with E-state index in [1.165, 1.54) is 19.5 Å². The number of hydrogen-bond donors (Lipinski definition) is 6. The van der Waals surface area contributed by atoms with Crippen molar-refractivity contribution in [1.82, 2.24) is 9.97 Å². The fraction of sp³-hybridized carbons (Fsp3) is 0.692. The van der Waals surface area contributed by atoms with Gasteiger partial charge in [0.1, 0.15) is 24.4 Å². The fourth-order valence-electron chi connectivity index (χ4n) is 1.80. The molecule has 0 unspecified atom stereocenters. The molecule has 0 saturated heterocycles. The van der Waals surface area contributed by atoms with E-state index in [2.05, 4.69) is 9.97 Å². The van der Waals surface area contributed by atoms with Gasteiger partial charge in [0.25, 0.3) is 0 Å². The Labute approximate surface area is 127 Å². The van der Waals surface area contributed by atoms with Gasteiger partial charge in [0.15, 0.2) is 0 Å². The molecule has 0 radical (unpaired) electrons. The van der Waals surface area contributed by atoms with E-state index < -0.39 is 43.7 Å². The first-order valence-electron chi connectivity index (χ1n) is 6.72. The smallest absolute Gasteiger partial charge is 0.126 e. The number of aromatic nitrogens is 2. The molecule has 0 spiro atoms. The topological polar surface area (TPSA) is 156 Å². The third-order valence-electron chi connectivity index (χ3n) is 3.26. The molecule has 5 atom stereocenters. The van der Waals surface area contributed by atoms with Crippen molar-refractivity contribution >= 4 is 0 Å². The lowest BCUT2D eigenvalue weighted by Crippen LogP contribution is -2.36. The molecule has 0 aliphatic rings. The van der Waals surface area contributed by atoms with E-state index in [0.717, 1.165) is 0 Å². The van der Waals surface area contributed by atoms with Gasteiger partial charge < -0.3 is 35.4 Å². The number of ether oxygens (including phenoxy) is 1. The Kier molecular flexibility index (Phi) is 7.76. The van der Waals surface area contributed by atoms with E-state index >= 15 is 0 Å². The maximum atomic E-state index is 9.95. The van der Waals surface area contributed by atoms with Crippen LogP contribution in [0.4, 0.5) is 0 Å². The summed E-state index contributed by atoms with van der Waals surface area (Å²) in [5.41, 5.74) is 0.417. The Morgan fingerprint density at radius 2 is 1.68 bits per heavy atom. The van der Waals surface area contributed by atoms with Crippen LogP contribution in [0.25, 0.3) is 0 Å². The molecule has 0 saturated carbocycles. The van der Waals surface area contributed by atoms with E-state index in [0.29, 0.717) is 5.69 Å². The molecule has 0 aliphatic heterocycles. The van der Waals surface area contributed by atoms with Crippen molar-refractivity contribution in [1.29, 1.82) is 0 Å². The highest BCUT2D eigenvalue weighted by atomic mass is 16.5. The van der Waals surface area contributed by atoms with Gasteiger partial charge in [0.2, 0.25) is 0 Å². The molecule has 9 heteroatoms. The molecule has 1 heterocycles. The summed E-state index contributed by atoms with van der Waals surface area (Å²) in [6.45, 7) is -1.04. The highest BCUT2D eigenvalue weighted by molar-refractivity contribution is 5.08. The summed E-state index contributed by atoms with van der Waals surface area (Å²) in [4.78, 5) is 7.88. The van der Waals surface area contributed by atoms with Crippen LogP contribution in [0.5, 0.6) is 0 Å². The van der Waals surface area contributed by atoms with Crippen molar-refractivity contribution < 1.29 is 35.4 Å². The summed E-state index contributed by atoms with van der Waals surface area (Å²) in [6.07, 6.45) is -3.73. The highest BCUT2D eigenvalue weighted by Gasteiger charge is 2.28. The molecule has 9 nitrogen and oxygen atoms in total. The second-order valence-electron chi connectivity index (χ2n) is 4.85. The molecule has 0 aromatic carbocycles. The molecule has 0 bridgehead atoms. The maximum Gasteiger partial charge on any atom is 0.126 e. The second kappa shape index (κ2) is 9.06. The van der Waals surface area contributed by atoms with E-state index in [4.69, 9.17) is 14.9 Å². The molecule has 6 N–H and O–H groups in total. The van der Waals surface area contributed by atoms with Gasteiger partial charge in [0.05, 0.1) is 36.9 Å². The van der Waals surface area contributed by atoms with E-state index in [1.54, 1.807) is 0 Å². The zero-order valence-corrected chi connectivity index (χ0v) is 12.1. The lowest BCUT2D eigenvalue weighted by molar-refractivity contribution is -0.0950. The quantitative estimate of drug-likeness (QED) is 0.282. The minimum absolute atomic E-state index is 0.0228. The Bertz CT molecular complexity index is 427. The number of aliphatic hydroxyl groups excluding tert-OH is 6. The Morgan fingerprint density at radius 1 is 1.00 bits per heavy atom. The summed E-state index contributed by atoms with van der Waals surface area (Å²) < 4.78 is 4.83. The van der Waals surface area contributed by atoms with E-state index in [9.17, 15) is 20.4 Å². The summed E-state index contributed by atoms with van der Waals surface area (Å²) in [7, 11) is 1.29. The van der Waals surface area contributed by atoms with Crippen molar-refractivity contribution in [2.24, 2.45) is 0 Å². The van der Waals surface area contributed by atoms with Crippen molar-refractivity contribution in [2.45, 2.75) is 36.9 Å². The van der Waals surface area contributed by atoms with Crippen LogP contribution in [-0.4, -0.2) is 85.3 Å². The van der Waals surface area contributed by atoms with Gasteiger partial charge >= 0.3 is 0 Å². The third-order valence-corrected chi connectivity index (χ3v) is 3.26. The molecule has 22 heavy (non-hydrogen) atoms. The average molecular weight is 318 g/mol. The van der Waals surface area contributed by atoms with Crippen LogP contribution >= 0.6 is 0 Å². The average Bonchev–Trinajstić information content (AvgIpc) is 2.55. The SMILES string of the molecule is CO[C@H](CO)[C@@H](O)[C@H](O)c1cnc(C[C@H](O)[C@H](O)CO)cn1. The molecular formula is C13H22N2O7. The maximum absolute atomic E-state index is 9.95. The Hall–Kier alpha value is -1.20. The van der Waals surface area contributed by atoms with Crippen molar-refractivity contribution in [2.75, 3.05) is 20.3 Å². The fourth-order valence-corrected chi connectivity index (χ4v) is 1.80. The molecule has 1 aromatic rings. The van der Waals surface area contributed by atoms with Crippen LogP contribution in [0, 0.1) is 0 Å². The highest BCUT2D eigenvalue weighted by Crippen LogP contribution is 2.18. The third kappa shape index (κ3) is 4.92. The largest absolute Gasteiger partial charge is 0.394 e. The van der Waals surface area contributed by atoms with E-state index in [1.807, 2.05) is 0 Å². The van der Waals surface area contributed by atoms with Crippen LogP contribution in [0.2, 0.25) is 0 Å². The predicted octanol–water partition coefficient (Wildman–Crippen LogP) is -2.87. The second-order valence-corrected chi connectivity index (χ2v) is 4.85. The molecular weight excluding hydrogens is 296 g/mol. The van der Waals surface area contributed by atoms with Crippen LogP contribution in [0.3, 0.4) is 0 Å². The number of methoxy groups -OCH3 is 1. The summed E-state index contributed by atoms with van der Waals surface area (Å²) >= 11 is 0. The van der Waals surface area contributed by atoms with Crippen molar-refractivity contribution in [3.8, 4) is 0 Å². The zero-order valence-electron chi connectivity index (χ0n) is 12.1.